The second-order valence-corrected chi connectivity index (χ2v) is 1.92. The van der Waals surface area contributed by atoms with E-state index in [0.717, 1.165) is 13.0 Å². The molecule has 0 heterocycles. The van der Waals surface area contributed by atoms with Gasteiger partial charge in [0.1, 0.15) is 0 Å². The fraction of sp³-hybridized carbons (Fsp3) is 1.00. The van der Waals surface area contributed by atoms with E-state index >= 15 is 0 Å². The second kappa shape index (κ2) is 7.98. The monoisotopic (exact) mass is 129 g/mol. The van der Waals surface area contributed by atoms with E-state index in [2.05, 4.69) is 0 Å². The Morgan fingerprint density at radius 2 is 2.11 bits per heavy atom. The molecule has 2 nitrogen and oxygen atoms in total. The Morgan fingerprint density at radius 3 is 2.44 bits per heavy atom. The Kier molecular flexibility index (Phi) is 10.4. The maximum absolute atomic E-state index is 8.65. The summed E-state index contributed by atoms with van der Waals surface area (Å²) < 4.78 is 4.99. The molecule has 1 unspecified atom stereocenters. The zero-order valence-electron chi connectivity index (χ0n) is 6.13. The van der Waals surface area contributed by atoms with E-state index in [1.165, 1.54) is 0 Å². The summed E-state index contributed by atoms with van der Waals surface area (Å²) in [6.07, 6.45) is 0.703. The van der Waals surface area contributed by atoms with Crippen molar-refractivity contribution in [1.82, 2.24) is 0 Å². The molecule has 1 atom stereocenters. The summed E-state index contributed by atoms with van der Waals surface area (Å²) in [5.74, 6) is 0. The summed E-state index contributed by atoms with van der Waals surface area (Å²) >= 11 is 0. The maximum Gasteiger partial charge on any atom is 0.0745 e. The van der Waals surface area contributed by atoms with Gasteiger partial charge >= 0.3 is 0 Å². The number of hydrogen-bond acceptors (Lipinski definition) is 2. The molecule has 0 aromatic carbocycles. The minimum Gasteiger partial charge on any atom is -0.391 e. The van der Waals surface area contributed by atoms with E-state index in [0.29, 0.717) is 6.61 Å². The SMILES string of the molecule is CCCOCC(C)O.[B]. The standard InChI is InChI=1S/C6H14O2.B/c1-3-4-8-5-6(2)7;/h6-7H,3-5H2,1-2H3;. The van der Waals surface area contributed by atoms with Crippen LogP contribution in [-0.2, 0) is 4.74 Å². The van der Waals surface area contributed by atoms with Crippen molar-refractivity contribution in [2.45, 2.75) is 26.4 Å². The van der Waals surface area contributed by atoms with Crippen LogP contribution in [-0.4, -0.2) is 32.8 Å². The van der Waals surface area contributed by atoms with Gasteiger partial charge in [0, 0.05) is 15.0 Å². The number of hydrogen-bond donors (Lipinski definition) is 1. The minimum atomic E-state index is -0.318. The third-order valence-corrected chi connectivity index (χ3v) is 0.708. The molecule has 0 rings (SSSR count). The lowest BCUT2D eigenvalue weighted by molar-refractivity contribution is 0.0466. The third kappa shape index (κ3) is 11.5. The van der Waals surface area contributed by atoms with E-state index < -0.39 is 0 Å². The summed E-state index contributed by atoms with van der Waals surface area (Å²) in [4.78, 5) is 0. The highest BCUT2D eigenvalue weighted by Crippen LogP contribution is 1.83. The summed E-state index contributed by atoms with van der Waals surface area (Å²) in [6.45, 7) is 4.98. The molecule has 0 bridgehead atoms. The van der Waals surface area contributed by atoms with Gasteiger partial charge in [-0.15, -0.1) is 0 Å². The normalized spacial score (nSPS) is 12.3. The van der Waals surface area contributed by atoms with Crippen LogP contribution in [0.25, 0.3) is 0 Å². The van der Waals surface area contributed by atoms with Gasteiger partial charge in [-0.2, -0.15) is 0 Å². The van der Waals surface area contributed by atoms with Crippen molar-refractivity contribution in [3.8, 4) is 0 Å². The Labute approximate surface area is 58.8 Å². The highest BCUT2D eigenvalue weighted by atomic mass is 16.5. The van der Waals surface area contributed by atoms with Gasteiger partial charge in [-0.05, 0) is 13.3 Å². The van der Waals surface area contributed by atoms with Crippen LogP contribution >= 0.6 is 0 Å². The molecular formula is C6H14BO2. The number of rotatable bonds is 4. The molecular weight excluding hydrogens is 115 g/mol. The van der Waals surface area contributed by atoms with E-state index in [1.807, 2.05) is 6.92 Å². The molecule has 3 radical (unpaired) electrons. The van der Waals surface area contributed by atoms with Gasteiger partial charge in [-0.3, -0.25) is 0 Å². The molecule has 0 fully saturated rings. The van der Waals surface area contributed by atoms with Crippen LogP contribution < -0.4 is 0 Å². The summed E-state index contributed by atoms with van der Waals surface area (Å²) in [5, 5.41) is 8.65. The molecule has 53 valence electrons. The first-order chi connectivity index (χ1) is 3.77. The van der Waals surface area contributed by atoms with Crippen LogP contribution in [0, 0.1) is 0 Å². The lowest BCUT2D eigenvalue weighted by Gasteiger charge is -2.02. The first kappa shape index (κ1) is 11.7. The van der Waals surface area contributed by atoms with Crippen LogP contribution in [0.15, 0.2) is 0 Å². The molecule has 0 amide bonds. The summed E-state index contributed by atoms with van der Waals surface area (Å²) in [6, 6.07) is 0. The molecule has 1 N–H and O–H groups in total. The lowest BCUT2D eigenvalue weighted by atomic mass is 10.4. The molecule has 0 aliphatic rings. The Balaban J connectivity index is 0. The van der Waals surface area contributed by atoms with Gasteiger partial charge in [0.2, 0.25) is 0 Å². The maximum atomic E-state index is 8.65. The van der Waals surface area contributed by atoms with Crippen molar-refractivity contribution in [1.29, 1.82) is 0 Å². The molecule has 0 aliphatic heterocycles. The number of aliphatic hydroxyl groups excluding tert-OH is 1. The molecule has 0 aromatic rings. The number of aliphatic hydroxyl groups is 1. The molecule has 3 heteroatoms. The van der Waals surface area contributed by atoms with Crippen LogP contribution in [0.5, 0.6) is 0 Å². The van der Waals surface area contributed by atoms with Crippen molar-refractivity contribution in [2.75, 3.05) is 13.2 Å². The molecule has 0 aliphatic carbocycles. The summed E-state index contributed by atoms with van der Waals surface area (Å²) in [7, 11) is 0. The largest absolute Gasteiger partial charge is 0.391 e. The van der Waals surface area contributed by atoms with Gasteiger partial charge in [-0.25, -0.2) is 0 Å². The van der Waals surface area contributed by atoms with Crippen molar-refractivity contribution in [2.24, 2.45) is 0 Å². The van der Waals surface area contributed by atoms with E-state index in [-0.39, 0.29) is 14.5 Å². The lowest BCUT2D eigenvalue weighted by Crippen LogP contribution is -2.10. The van der Waals surface area contributed by atoms with E-state index in [1.54, 1.807) is 6.92 Å². The second-order valence-electron chi connectivity index (χ2n) is 1.92. The average molecular weight is 129 g/mol. The average Bonchev–Trinajstić information content (AvgIpc) is 1.66. The quantitative estimate of drug-likeness (QED) is 0.440. The molecule has 0 spiro atoms. The van der Waals surface area contributed by atoms with Crippen LogP contribution in [0.4, 0.5) is 0 Å². The van der Waals surface area contributed by atoms with Crippen LogP contribution in [0.1, 0.15) is 20.3 Å². The highest BCUT2D eigenvalue weighted by molar-refractivity contribution is 5.75. The van der Waals surface area contributed by atoms with Crippen molar-refractivity contribution < 1.29 is 9.84 Å². The minimum absolute atomic E-state index is 0. The molecule has 0 aromatic heterocycles. The molecule has 0 saturated heterocycles. The topological polar surface area (TPSA) is 29.5 Å². The van der Waals surface area contributed by atoms with Crippen LogP contribution in [0.3, 0.4) is 0 Å². The Morgan fingerprint density at radius 1 is 1.56 bits per heavy atom. The van der Waals surface area contributed by atoms with Crippen LogP contribution in [0.2, 0.25) is 0 Å². The molecule has 9 heavy (non-hydrogen) atoms. The predicted molar refractivity (Wildman–Crippen MR) is 38.5 cm³/mol. The zero-order valence-corrected chi connectivity index (χ0v) is 6.13. The van der Waals surface area contributed by atoms with Crippen molar-refractivity contribution >= 4 is 8.41 Å². The van der Waals surface area contributed by atoms with Crippen molar-refractivity contribution in [3.63, 3.8) is 0 Å². The highest BCUT2D eigenvalue weighted by Gasteiger charge is 1.91. The first-order valence-electron chi connectivity index (χ1n) is 3.03. The molecule has 0 saturated carbocycles. The van der Waals surface area contributed by atoms with E-state index in [4.69, 9.17) is 9.84 Å². The predicted octanol–water partition coefficient (Wildman–Crippen LogP) is 0.413. The Bertz CT molecular complexity index is 48.3. The fourth-order valence-corrected chi connectivity index (χ4v) is 0.398. The zero-order chi connectivity index (χ0) is 6.41. The first-order valence-corrected chi connectivity index (χ1v) is 3.03. The van der Waals surface area contributed by atoms with Crippen molar-refractivity contribution in [3.05, 3.63) is 0 Å². The smallest absolute Gasteiger partial charge is 0.0745 e. The van der Waals surface area contributed by atoms with Gasteiger partial charge in [0.05, 0.1) is 12.7 Å². The third-order valence-electron chi connectivity index (χ3n) is 0.708. The van der Waals surface area contributed by atoms with E-state index in [9.17, 15) is 0 Å². The number of ether oxygens (including phenoxy) is 1. The fourth-order valence-electron chi connectivity index (χ4n) is 0.398. The Hall–Kier alpha value is -0.0151. The van der Waals surface area contributed by atoms with Gasteiger partial charge in [-0.1, -0.05) is 6.92 Å². The summed E-state index contributed by atoms with van der Waals surface area (Å²) in [5.41, 5.74) is 0. The van der Waals surface area contributed by atoms with Gasteiger partial charge in [0.25, 0.3) is 0 Å². The van der Waals surface area contributed by atoms with Gasteiger partial charge in [0.15, 0.2) is 0 Å². The van der Waals surface area contributed by atoms with Gasteiger partial charge < -0.3 is 9.84 Å².